The smallest absolute Gasteiger partial charge is 0.391 e. The van der Waals surface area contributed by atoms with E-state index in [1.54, 1.807) is 13.8 Å². The van der Waals surface area contributed by atoms with E-state index < -0.39 is 84.7 Å². The maximum absolute atomic E-state index is 13.7. The third-order valence-electron chi connectivity index (χ3n) is 9.29. The molecule has 2 spiro atoms. The van der Waals surface area contributed by atoms with Crippen LogP contribution in [-0.4, -0.2) is 72.6 Å². The molecule has 6 rings (SSSR count). The van der Waals surface area contributed by atoms with Crippen molar-refractivity contribution in [2.24, 2.45) is 34.0 Å². The van der Waals surface area contributed by atoms with Crippen LogP contribution in [0.5, 0.6) is 0 Å². The molecule has 0 radical (unpaired) electrons. The summed E-state index contributed by atoms with van der Waals surface area (Å²) in [4.78, 5) is 13.7. The first-order valence-corrected chi connectivity index (χ1v) is 13.8. The summed E-state index contributed by atoms with van der Waals surface area (Å²) in [6, 6.07) is 0. The first-order valence-electron chi connectivity index (χ1n) is 11.0. The summed E-state index contributed by atoms with van der Waals surface area (Å²) >= 11 is 0. The van der Waals surface area contributed by atoms with Crippen LogP contribution in [-0.2, 0) is 38.7 Å². The predicted octanol–water partition coefficient (Wildman–Crippen LogP) is -2.97. The fraction of sp³-hybridized carbons (Fsp3) is 0.850. The molecule has 6 aliphatic rings. The van der Waals surface area contributed by atoms with E-state index in [0.29, 0.717) is 6.42 Å². The van der Waals surface area contributed by atoms with Crippen LogP contribution >= 0.6 is 0 Å². The van der Waals surface area contributed by atoms with Crippen molar-refractivity contribution in [2.45, 2.75) is 63.6 Å². The van der Waals surface area contributed by atoms with Crippen LogP contribution in [0.15, 0.2) is 12.2 Å². The molecule has 4 aliphatic carbocycles. The standard InChI is InChI=1S/C20H28O12S2.Na/c1-9-10-4-5-11-18-8-30-20(23,19(11,14(9)21)15(10)22)16(32-34(27,28)29)13(18)17(2,3)7-6-12(18)31-33(24,25)26;/h10-13,15-16,22-23H,1,4-8H2,2-3H3,(H,24,25,26)(H,27,28,29);/q;+1/t10?,11?,12-,13?,15+,16-,18?,19?,20-;/m0./s1. The second-order valence-corrected chi connectivity index (χ2v) is 13.1. The summed E-state index contributed by atoms with van der Waals surface area (Å²) in [5, 5.41) is 23.4. The van der Waals surface area contributed by atoms with Gasteiger partial charge in [-0.25, -0.2) is 8.37 Å². The van der Waals surface area contributed by atoms with Crippen LogP contribution in [0.25, 0.3) is 0 Å². The zero-order valence-electron chi connectivity index (χ0n) is 19.6. The van der Waals surface area contributed by atoms with Crippen LogP contribution in [0.3, 0.4) is 0 Å². The minimum atomic E-state index is -5.21. The Kier molecular flexibility index (Phi) is 6.43. The molecule has 0 aromatic heterocycles. The molecule has 35 heavy (non-hydrogen) atoms. The van der Waals surface area contributed by atoms with E-state index in [9.17, 15) is 40.9 Å². The summed E-state index contributed by atoms with van der Waals surface area (Å²) in [6.45, 7) is 6.95. The van der Waals surface area contributed by atoms with Gasteiger partial charge in [-0.2, -0.15) is 16.8 Å². The minimum Gasteiger partial charge on any atom is -0.391 e. The van der Waals surface area contributed by atoms with E-state index >= 15 is 0 Å². The van der Waals surface area contributed by atoms with Crippen LogP contribution < -0.4 is 29.6 Å². The van der Waals surface area contributed by atoms with Gasteiger partial charge in [0.05, 0.1) is 18.8 Å². The number of carbonyl (C=O) groups is 1. The molecular formula is C20H28NaO12S2+. The van der Waals surface area contributed by atoms with Gasteiger partial charge in [-0.15, -0.1) is 0 Å². The Labute approximate surface area is 225 Å². The Hall–Kier alpha value is 0.0300. The van der Waals surface area contributed by atoms with Crippen molar-refractivity contribution in [1.82, 2.24) is 0 Å². The third-order valence-corrected chi connectivity index (χ3v) is 10.2. The van der Waals surface area contributed by atoms with E-state index in [4.69, 9.17) is 13.1 Å². The van der Waals surface area contributed by atoms with Crippen molar-refractivity contribution in [3.63, 3.8) is 0 Å². The topological polar surface area (TPSA) is 194 Å². The van der Waals surface area contributed by atoms with Gasteiger partial charge >= 0.3 is 50.4 Å². The second-order valence-electron chi connectivity index (χ2n) is 11.0. The summed E-state index contributed by atoms with van der Waals surface area (Å²) in [6.07, 6.45) is -3.79. The van der Waals surface area contributed by atoms with Crippen molar-refractivity contribution >= 4 is 26.6 Å². The summed E-state index contributed by atoms with van der Waals surface area (Å²) in [5.41, 5.74) is -4.40. The molecule has 6 fully saturated rings. The molecule has 0 amide bonds. The van der Waals surface area contributed by atoms with Gasteiger partial charge in [0.25, 0.3) is 0 Å². The number of Topliss-reactive ketones (excluding diaryl/α,β-unsaturated/α-hetero) is 1. The molecule has 15 heteroatoms. The molecule has 4 bridgehead atoms. The van der Waals surface area contributed by atoms with Gasteiger partial charge in [-0.05, 0) is 42.6 Å². The number of carbonyl (C=O) groups excluding carboxylic acids is 1. The molecule has 2 saturated heterocycles. The van der Waals surface area contributed by atoms with Crippen molar-refractivity contribution in [2.75, 3.05) is 6.61 Å². The molecule has 2 heterocycles. The number of fused-ring (bicyclic) bond motifs is 2. The largest absolute Gasteiger partial charge is 1.00 e. The summed E-state index contributed by atoms with van der Waals surface area (Å²) in [7, 11) is -10.2. The van der Waals surface area contributed by atoms with Gasteiger partial charge in [0.1, 0.15) is 11.5 Å². The van der Waals surface area contributed by atoms with Crippen LogP contribution in [0, 0.1) is 34.0 Å². The first-order chi connectivity index (χ1) is 15.4. The molecule has 192 valence electrons. The van der Waals surface area contributed by atoms with Gasteiger partial charge in [-0.3, -0.25) is 13.9 Å². The Bertz CT molecular complexity index is 1180. The van der Waals surface area contributed by atoms with Gasteiger partial charge in [0.2, 0.25) is 5.79 Å². The number of hydrogen-bond acceptors (Lipinski definition) is 10. The number of aliphatic hydroxyl groups is 2. The van der Waals surface area contributed by atoms with Crippen molar-refractivity contribution in [1.29, 1.82) is 0 Å². The Balaban J connectivity index is 0.00000289. The van der Waals surface area contributed by atoms with E-state index in [2.05, 4.69) is 6.58 Å². The predicted molar refractivity (Wildman–Crippen MR) is 111 cm³/mol. The summed E-state index contributed by atoms with van der Waals surface area (Å²) in [5.74, 6) is -6.07. The fourth-order valence-corrected chi connectivity index (χ4v) is 9.44. The maximum atomic E-state index is 13.7. The Morgan fingerprint density at radius 1 is 1.06 bits per heavy atom. The monoisotopic (exact) mass is 547 g/mol. The van der Waals surface area contributed by atoms with Gasteiger partial charge in [0.15, 0.2) is 5.78 Å². The van der Waals surface area contributed by atoms with Crippen molar-refractivity contribution < 1.29 is 83.6 Å². The molecule has 4 saturated carbocycles. The van der Waals surface area contributed by atoms with E-state index in [1.807, 2.05) is 0 Å². The molecular weight excluding hydrogens is 519 g/mol. The average molecular weight is 548 g/mol. The molecule has 0 aromatic carbocycles. The zero-order chi connectivity index (χ0) is 25.3. The fourth-order valence-electron chi connectivity index (χ4n) is 8.37. The molecule has 4 N–H and O–H groups in total. The minimum absolute atomic E-state index is 0. The first kappa shape index (κ1) is 28.0. The zero-order valence-corrected chi connectivity index (χ0v) is 23.2. The number of rotatable bonds is 4. The average Bonchev–Trinajstić information content (AvgIpc) is 2.78. The van der Waals surface area contributed by atoms with Gasteiger partial charge in [-0.1, -0.05) is 20.4 Å². The molecule has 12 nitrogen and oxygen atoms in total. The van der Waals surface area contributed by atoms with Crippen LogP contribution in [0.2, 0.25) is 0 Å². The van der Waals surface area contributed by atoms with Crippen molar-refractivity contribution in [3.8, 4) is 0 Å². The van der Waals surface area contributed by atoms with E-state index in [-0.39, 0.29) is 61.0 Å². The third kappa shape index (κ3) is 3.42. The normalized spacial score (nSPS) is 48.2. The Morgan fingerprint density at radius 2 is 1.66 bits per heavy atom. The SMILES string of the molecule is C=C1C(=O)C23C(CCC1[C@H]2O)C12CO[C@@]3(O)[C@@H](OS(=O)(=O)O)C1C(C)(C)CC[C@@H]2OS(=O)(=O)O.[Na+]. The van der Waals surface area contributed by atoms with Gasteiger partial charge in [0, 0.05) is 17.3 Å². The number of ether oxygens (including phenoxy) is 1. The van der Waals surface area contributed by atoms with Crippen LogP contribution in [0.4, 0.5) is 0 Å². The number of ketones is 1. The molecule has 0 aromatic rings. The number of aliphatic hydroxyl groups excluding tert-OH is 1. The Morgan fingerprint density at radius 3 is 2.23 bits per heavy atom. The van der Waals surface area contributed by atoms with Crippen LogP contribution in [0.1, 0.15) is 39.5 Å². The second kappa shape index (κ2) is 8.02. The maximum Gasteiger partial charge on any atom is 1.00 e. The van der Waals surface area contributed by atoms with Crippen molar-refractivity contribution in [3.05, 3.63) is 12.2 Å². The summed E-state index contributed by atoms with van der Waals surface area (Å²) < 4.78 is 82.6. The number of hydrogen-bond donors (Lipinski definition) is 4. The van der Waals surface area contributed by atoms with Gasteiger partial charge < -0.3 is 14.9 Å². The quantitative estimate of drug-likeness (QED) is 0.159. The molecule has 9 atom stereocenters. The molecule has 5 unspecified atom stereocenters. The molecule has 2 aliphatic heterocycles. The van der Waals surface area contributed by atoms with E-state index in [0.717, 1.165) is 0 Å². The van der Waals surface area contributed by atoms with E-state index in [1.165, 1.54) is 0 Å².